The molecule has 0 aliphatic carbocycles. The van der Waals surface area contributed by atoms with Crippen LogP contribution in [0.2, 0.25) is 0 Å². The van der Waals surface area contributed by atoms with Crippen molar-refractivity contribution in [2.45, 2.75) is 98.1 Å². The normalized spacial score (nSPS) is 11.1. The van der Waals surface area contributed by atoms with E-state index in [4.69, 9.17) is 14.2 Å². The first-order valence-corrected chi connectivity index (χ1v) is 14.3. The Bertz CT molecular complexity index is 1120. The number of fused-ring (bicyclic) bond motifs is 1. The molecule has 0 N–H and O–H groups in total. The topological polar surface area (TPSA) is 49.7 Å². The van der Waals surface area contributed by atoms with E-state index in [-0.39, 0.29) is 5.56 Å². The first-order valence-electron chi connectivity index (χ1n) is 14.3. The van der Waals surface area contributed by atoms with Crippen molar-refractivity contribution in [3.05, 3.63) is 64.4 Å². The number of aryl methyl sites for hydroxylation is 1. The Morgan fingerprint density at radius 2 is 1.38 bits per heavy atom. The molecule has 1 aromatic heterocycles. The number of ether oxygens (including phenoxy) is 3. The molecule has 202 valence electrons. The van der Waals surface area contributed by atoms with Gasteiger partial charge in [-0.3, -0.25) is 4.79 Å². The fraction of sp³-hybridized carbons (Fsp3) is 0.531. The molecule has 3 rings (SSSR count). The van der Waals surface area contributed by atoms with Crippen LogP contribution in [0, 0.1) is 0 Å². The summed E-state index contributed by atoms with van der Waals surface area (Å²) >= 11 is 0. The molecule has 0 amide bonds. The molecule has 0 fully saturated rings. The lowest BCUT2D eigenvalue weighted by molar-refractivity contribution is 0.255. The minimum atomic E-state index is -0.117. The van der Waals surface area contributed by atoms with E-state index < -0.39 is 0 Å². The number of pyridine rings is 1. The van der Waals surface area contributed by atoms with E-state index in [0.717, 1.165) is 80.0 Å². The second kappa shape index (κ2) is 16.0. The summed E-state index contributed by atoms with van der Waals surface area (Å²) < 4.78 is 20.4. The molecule has 0 spiro atoms. The molecule has 0 aliphatic rings. The zero-order valence-corrected chi connectivity index (χ0v) is 23.1. The van der Waals surface area contributed by atoms with Gasteiger partial charge in [-0.15, -0.1) is 0 Å². The van der Waals surface area contributed by atoms with Crippen LogP contribution in [0.25, 0.3) is 10.9 Å². The maximum Gasteiger partial charge on any atom is 0.297 e. The standard InChI is InChI=1S/C32H45NO4/c1-4-7-10-15-21-33-29-24-27(35-22-9-6-3)19-20-28(29)30(37-25-26-17-13-12-14-18-26)31(32(33)34)36-23-16-11-8-5-2/h12-14,17-20,24H,4-11,15-16,21-23,25H2,1-3H3. The predicted octanol–water partition coefficient (Wildman–Crippen LogP) is 8.30. The van der Waals surface area contributed by atoms with E-state index >= 15 is 0 Å². The summed E-state index contributed by atoms with van der Waals surface area (Å²) in [6.07, 6.45) is 10.8. The molecule has 0 unspecified atom stereocenters. The predicted molar refractivity (Wildman–Crippen MR) is 153 cm³/mol. The SMILES string of the molecule is CCCCCCOc1c(OCc2ccccc2)c2ccc(OCCCC)cc2n(CCCCCC)c1=O. The Morgan fingerprint density at radius 1 is 0.676 bits per heavy atom. The Labute approximate surface area is 222 Å². The van der Waals surface area contributed by atoms with Gasteiger partial charge < -0.3 is 18.8 Å². The Kier molecular flexibility index (Phi) is 12.4. The number of hydrogen-bond donors (Lipinski definition) is 0. The fourth-order valence-electron chi connectivity index (χ4n) is 4.42. The molecule has 5 nitrogen and oxygen atoms in total. The van der Waals surface area contributed by atoms with Gasteiger partial charge in [0.2, 0.25) is 5.75 Å². The van der Waals surface area contributed by atoms with Crippen LogP contribution < -0.4 is 19.8 Å². The molecular formula is C32H45NO4. The average molecular weight is 508 g/mol. The molecule has 1 heterocycles. The molecule has 0 saturated carbocycles. The third-order valence-corrected chi connectivity index (χ3v) is 6.62. The van der Waals surface area contributed by atoms with E-state index in [1.807, 2.05) is 53.1 Å². The first kappa shape index (κ1) is 28.6. The number of hydrogen-bond acceptors (Lipinski definition) is 4. The van der Waals surface area contributed by atoms with Crippen LogP contribution in [0.15, 0.2) is 53.3 Å². The van der Waals surface area contributed by atoms with Gasteiger partial charge in [-0.25, -0.2) is 0 Å². The van der Waals surface area contributed by atoms with Gasteiger partial charge in [0, 0.05) is 18.0 Å². The molecule has 0 atom stereocenters. The van der Waals surface area contributed by atoms with E-state index in [9.17, 15) is 4.79 Å². The van der Waals surface area contributed by atoms with Crippen LogP contribution in [-0.4, -0.2) is 17.8 Å². The number of nitrogens with zero attached hydrogens (tertiary/aromatic N) is 1. The van der Waals surface area contributed by atoms with Crippen molar-refractivity contribution < 1.29 is 14.2 Å². The lowest BCUT2D eigenvalue weighted by Gasteiger charge is -2.19. The monoisotopic (exact) mass is 507 g/mol. The van der Waals surface area contributed by atoms with E-state index in [1.165, 1.54) is 6.42 Å². The maximum atomic E-state index is 13.9. The maximum absolute atomic E-state index is 13.9. The molecule has 0 aliphatic heterocycles. The van der Waals surface area contributed by atoms with E-state index in [1.54, 1.807) is 0 Å². The molecule has 0 bridgehead atoms. The first-order chi connectivity index (χ1) is 18.2. The van der Waals surface area contributed by atoms with Gasteiger partial charge in [0.15, 0.2) is 5.75 Å². The van der Waals surface area contributed by atoms with Crippen molar-refractivity contribution in [2.75, 3.05) is 13.2 Å². The van der Waals surface area contributed by atoms with E-state index in [0.29, 0.717) is 37.9 Å². The van der Waals surface area contributed by atoms with Crippen LogP contribution in [0.1, 0.15) is 90.5 Å². The second-order valence-electron chi connectivity index (χ2n) is 9.74. The highest BCUT2D eigenvalue weighted by molar-refractivity contribution is 5.89. The molecule has 5 heteroatoms. The lowest BCUT2D eigenvalue weighted by Crippen LogP contribution is -2.24. The molecule has 0 saturated heterocycles. The van der Waals surface area contributed by atoms with E-state index in [2.05, 4.69) is 20.8 Å². The van der Waals surface area contributed by atoms with Gasteiger partial charge in [0.25, 0.3) is 5.56 Å². The highest BCUT2D eigenvalue weighted by atomic mass is 16.5. The molecule has 2 aromatic carbocycles. The number of aromatic nitrogens is 1. The second-order valence-corrected chi connectivity index (χ2v) is 9.74. The van der Waals surface area contributed by atoms with Crippen LogP contribution in [-0.2, 0) is 13.2 Å². The van der Waals surface area contributed by atoms with Crippen molar-refractivity contribution in [1.29, 1.82) is 0 Å². The highest BCUT2D eigenvalue weighted by Gasteiger charge is 2.20. The van der Waals surface area contributed by atoms with Crippen molar-refractivity contribution in [2.24, 2.45) is 0 Å². The van der Waals surface area contributed by atoms with Gasteiger partial charge in [0.1, 0.15) is 12.4 Å². The summed E-state index contributed by atoms with van der Waals surface area (Å²) in [6, 6.07) is 16.0. The zero-order valence-electron chi connectivity index (χ0n) is 23.1. The van der Waals surface area contributed by atoms with Crippen molar-refractivity contribution in [3.63, 3.8) is 0 Å². The number of rotatable bonds is 18. The summed E-state index contributed by atoms with van der Waals surface area (Å²) in [5.41, 5.74) is 1.78. The summed E-state index contributed by atoms with van der Waals surface area (Å²) in [4.78, 5) is 13.9. The largest absolute Gasteiger partial charge is 0.494 e. The Balaban J connectivity index is 2.02. The smallest absolute Gasteiger partial charge is 0.297 e. The third-order valence-electron chi connectivity index (χ3n) is 6.62. The number of benzene rings is 2. The number of unbranched alkanes of at least 4 members (excludes halogenated alkanes) is 7. The highest BCUT2D eigenvalue weighted by Crippen LogP contribution is 2.36. The van der Waals surface area contributed by atoms with Gasteiger partial charge in [-0.1, -0.05) is 96.0 Å². The minimum Gasteiger partial charge on any atom is -0.494 e. The lowest BCUT2D eigenvalue weighted by atomic mass is 10.1. The van der Waals surface area contributed by atoms with Gasteiger partial charge in [0.05, 0.1) is 18.7 Å². The molecule has 3 aromatic rings. The molecule has 37 heavy (non-hydrogen) atoms. The van der Waals surface area contributed by atoms with Crippen molar-refractivity contribution >= 4 is 10.9 Å². The minimum absolute atomic E-state index is 0.117. The molecular weight excluding hydrogens is 462 g/mol. The van der Waals surface area contributed by atoms with Crippen LogP contribution in [0.3, 0.4) is 0 Å². The summed E-state index contributed by atoms with van der Waals surface area (Å²) in [7, 11) is 0. The zero-order chi connectivity index (χ0) is 26.3. The van der Waals surface area contributed by atoms with Crippen molar-refractivity contribution in [1.82, 2.24) is 4.57 Å². The Morgan fingerprint density at radius 3 is 2.11 bits per heavy atom. The van der Waals surface area contributed by atoms with Crippen molar-refractivity contribution in [3.8, 4) is 17.2 Å². The average Bonchev–Trinajstić information content (AvgIpc) is 2.92. The van der Waals surface area contributed by atoms with Crippen LogP contribution >= 0.6 is 0 Å². The summed E-state index contributed by atoms with van der Waals surface area (Å²) in [6.45, 7) is 8.74. The summed E-state index contributed by atoms with van der Waals surface area (Å²) in [5, 5.41) is 0.887. The Hall–Kier alpha value is -2.95. The summed E-state index contributed by atoms with van der Waals surface area (Å²) in [5.74, 6) is 1.64. The third kappa shape index (κ3) is 8.55. The fourth-order valence-corrected chi connectivity index (χ4v) is 4.42. The molecule has 0 radical (unpaired) electrons. The van der Waals surface area contributed by atoms with Gasteiger partial charge in [-0.05, 0) is 37.0 Å². The van der Waals surface area contributed by atoms with Crippen LogP contribution in [0.5, 0.6) is 17.2 Å². The quantitative estimate of drug-likeness (QED) is 0.162. The van der Waals surface area contributed by atoms with Gasteiger partial charge in [-0.2, -0.15) is 0 Å². The van der Waals surface area contributed by atoms with Gasteiger partial charge >= 0.3 is 0 Å². The van der Waals surface area contributed by atoms with Crippen LogP contribution in [0.4, 0.5) is 0 Å².